The van der Waals surface area contributed by atoms with Crippen LogP contribution in [0.5, 0.6) is 5.75 Å². The number of primary amides is 1. The topological polar surface area (TPSA) is 112 Å². The number of thioether (sulfide) groups is 1. The fourth-order valence-corrected chi connectivity index (χ4v) is 3.99. The molecular weight excluding hydrogens is 429 g/mol. The van der Waals surface area contributed by atoms with Gasteiger partial charge in [-0.05, 0) is 35.7 Å². The van der Waals surface area contributed by atoms with Gasteiger partial charge in [0.15, 0.2) is 11.0 Å². The maximum Gasteiger partial charge on any atom is 0.251 e. The van der Waals surface area contributed by atoms with Crippen LogP contribution in [0.2, 0.25) is 0 Å². The SMILES string of the molecule is C=CCn1c(COc2ccc(F)cc2)nnc1SCC(=O)Nc1sccc1C(N)=O. The number of thiophene rings is 1. The fraction of sp³-hybridized carbons (Fsp3) is 0.158. The average molecular weight is 448 g/mol. The second-order valence-corrected chi connectivity index (χ2v) is 7.76. The standard InChI is InChI=1S/C19H18FN5O3S2/c1-2-8-25-15(10-28-13-5-3-12(20)4-6-13)23-24-19(25)30-11-16(26)22-18-14(17(21)27)7-9-29-18/h2-7,9H,1,8,10-11H2,(H2,21,27)(H,22,26). The lowest BCUT2D eigenvalue weighted by Crippen LogP contribution is -2.18. The Hall–Kier alpha value is -3.18. The zero-order valence-corrected chi connectivity index (χ0v) is 17.3. The fourth-order valence-electron chi connectivity index (χ4n) is 2.42. The highest BCUT2D eigenvalue weighted by Crippen LogP contribution is 2.24. The summed E-state index contributed by atoms with van der Waals surface area (Å²) in [4.78, 5) is 23.6. The lowest BCUT2D eigenvalue weighted by atomic mass is 10.3. The Kier molecular flexibility index (Phi) is 7.20. The van der Waals surface area contributed by atoms with Crippen molar-refractivity contribution in [3.8, 4) is 5.75 Å². The van der Waals surface area contributed by atoms with Gasteiger partial charge in [-0.15, -0.1) is 28.1 Å². The molecule has 2 heterocycles. The smallest absolute Gasteiger partial charge is 0.251 e. The Bertz CT molecular complexity index is 1050. The molecule has 0 spiro atoms. The average Bonchev–Trinajstić information content (AvgIpc) is 3.33. The number of nitrogens with two attached hydrogens (primary N) is 1. The van der Waals surface area contributed by atoms with E-state index < -0.39 is 5.91 Å². The van der Waals surface area contributed by atoms with Gasteiger partial charge in [0.2, 0.25) is 5.91 Å². The number of allylic oxidation sites excluding steroid dienone is 1. The van der Waals surface area contributed by atoms with Gasteiger partial charge in [0.25, 0.3) is 5.91 Å². The van der Waals surface area contributed by atoms with Crippen LogP contribution in [0.3, 0.4) is 0 Å². The van der Waals surface area contributed by atoms with E-state index in [-0.39, 0.29) is 29.6 Å². The molecule has 156 valence electrons. The van der Waals surface area contributed by atoms with Crippen LogP contribution in [0.25, 0.3) is 0 Å². The van der Waals surface area contributed by atoms with E-state index in [1.165, 1.54) is 47.4 Å². The largest absolute Gasteiger partial charge is 0.486 e. The summed E-state index contributed by atoms with van der Waals surface area (Å²) in [6.45, 7) is 4.28. The van der Waals surface area contributed by atoms with Gasteiger partial charge >= 0.3 is 0 Å². The highest BCUT2D eigenvalue weighted by Gasteiger charge is 2.16. The predicted octanol–water partition coefficient (Wildman–Crippen LogP) is 3.07. The second kappa shape index (κ2) is 10.0. The highest BCUT2D eigenvalue weighted by atomic mass is 32.2. The normalized spacial score (nSPS) is 10.6. The number of halogens is 1. The number of nitrogens with one attached hydrogen (secondary N) is 1. The van der Waals surface area contributed by atoms with E-state index in [0.29, 0.717) is 28.3 Å². The highest BCUT2D eigenvalue weighted by molar-refractivity contribution is 7.99. The molecule has 3 aromatic rings. The molecule has 30 heavy (non-hydrogen) atoms. The number of ether oxygens (including phenoxy) is 1. The van der Waals surface area contributed by atoms with Crippen molar-refractivity contribution in [2.75, 3.05) is 11.1 Å². The molecule has 8 nitrogen and oxygen atoms in total. The number of amides is 2. The van der Waals surface area contributed by atoms with Gasteiger partial charge in [-0.3, -0.25) is 14.2 Å². The molecule has 0 saturated heterocycles. The molecule has 3 rings (SSSR count). The monoisotopic (exact) mass is 447 g/mol. The van der Waals surface area contributed by atoms with Crippen LogP contribution in [0.1, 0.15) is 16.2 Å². The van der Waals surface area contributed by atoms with Crippen molar-refractivity contribution in [2.24, 2.45) is 5.73 Å². The number of nitrogens with zero attached hydrogens (tertiary/aromatic N) is 3. The number of rotatable bonds is 10. The summed E-state index contributed by atoms with van der Waals surface area (Å²) in [5, 5.41) is 13.5. The zero-order valence-electron chi connectivity index (χ0n) is 15.7. The van der Waals surface area contributed by atoms with Crippen LogP contribution in [0.4, 0.5) is 9.39 Å². The first-order valence-electron chi connectivity index (χ1n) is 8.69. The summed E-state index contributed by atoms with van der Waals surface area (Å²) < 4.78 is 20.4. The summed E-state index contributed by atoms with van der Waals surface area (Å²) in [7, 11) is 0. The van der Waals surface area contributed by atoms with Crippen molar-refractivity contribution in [3.63, 3.8) is 0 Å². The third-order valence-electron chi connectivity index (χ3n) is 3.80. The lowest BCUT2D eigenvalue weighted by molar-refractivity contribution is -0.113. The van der Waals surface area contributed by atoms with E-state index in [1.54, 1.807) is 22.1 Å². The third-order valence-corrected chi connectivity index (χ3v) is 5.60. The van der Waals surface area contributed by atoms with Crippen LogP contribution < -0.4 is 15.8 Å². The van der Waals surface area contributed by atoms with Gasteiger partial charge in [-0.25, -0.2) is 4.39 Å². The van der Waals surface area contributed by atoms with E-state index in [0.717, 1.165) is 0 Å². The molecule has 1 aromatic carbocycles. The molecule has 0 radical (unpaired) electrons. The molecular formula is C19H18FN5O3S2. The van der Waals surface area contributed by atoms with Crippen molar-refractivity contribution in [3.05, 3.63) is 65.6 Å². The minimum absolute atomic E-state index is 0.0597. The molecule has 0 saturated carbocycles. The Morgan fingerprint density at radius 2 is 2.07 bits per heavy atom. The number of carbonyl (C=O) groups is 2. The Morgan fingerprint density at radius 3 is 2.77 bits per heavy atom. The van der Waals surface area contributed by atoms with E-state index >= 15 is 0 Å². The van der Waals surface area contributed by atoms with Gasteiger partial charge in [-0.2, -0.15) is 0 Å². The van der Waals surface area contributed by atoms with Gasteiger partial charge in [0, 0.05) is 6.54 Å². The molecule has 2 aromatic heterocycles. The molecule has 0 aliphatic heterocycles. The summed E-state index contributed by atoms with van der Waals surface area (Å²) in [5.74, 6) is -0.155. The predicted molar refractivity (Wildman–Crippen MR) is 113 cm³/mol. The number of carbonyl (C=O) groups excluding carboxylic acids is 2. The quantitative estimate of drug-likeness (QED) is 0.365. The molecule has 0 aliphatic carbocycles. The maximum absolute atomic E-state index is 13.0. The first kappa shape index (κ1) is 21.5. The van der Waals surface area contributed by atoms with Crippen LogP contribution in [0.15, 0.2) is 53.5 Å². The van der Waals surface area contributed by atoms with Gasteiger partial charge in [0.1, 0.15) is 23.2 Å². The number of hydrogen-bond donors (Lipinski definition) is 2. The molecule has 0 unspecified atom stereocenters. The number of anilines is 1. The number of aromatic nitrogens is 3. The molecule has 0 aliphatic rings. The number of benzene rings is 1. The Morgan fingerprint density at radius 1 is 1.30 bits per heavy atom. The summed E-state index contributed by atoms with van der Waals surface area (Å²) in [6.07, 6.45) is 1.68. The van der Waals surface area contributed by atoms with Crippen molar-refractivity contribution < 1.29 is 18.7 Å². The van der Waals surface area contributed by atoms with E-state index in [4.69, 9.17) is 10.5 Å². The van der Waals surface area contributed by atoms with Gasteiger partial charge < -0.3 is 15.8 Å². The van der Waals surface area contributed by atoms with Gasteiger partial charge in [-0.1, -0.05) is 17.8 Å². The minimum Gasteiger partial charge on any atom is -0.486 e. The molecule has 11 heteroatoms. The van der Waals surface area contributed by atoms with E-state index in [2.05, 4.69) is 22.1 Å². The first-order chi connectivity index (χ1) is 14.5. The number of hydrogen-bond acceptors (Lipinski definition) is 7. The maximum atomic E-state index is 13.0. The van der Waals surface area contributed by atoms with E-state index in [1.807, 2.05) is 0 Å². The summed E-state index contributed by atoms with van der Waals surface area (Å²) in [6, 6.07) is 7.22. The van der Waals surface area contributed by atoms with Crippen LogP contribution in [0, 0.1) is 5.82 Å². The van der Waals surface area contributed by atoms with Crippen molar-refractivity contribution in [2.45, 2.75) is 18.3 Å². The zero-order chi connectivity index (χ0) is 21.5. The van der Waals surface area contributed by atoms with Crippen molar-refractivity contribution in [1.29, 1.82) is 0 Å². The lowest BCUT2D eigenvalue weighted by Gasteiger charge is -2.09. The molecule has 0 fully saturated rings. The summed E-state index contributed by atoms with van der Waals surface area (Å²) >= 11 is 2.41. The van der Waals surface area contributed by atoms with Crippen LogP contribution >= 0.6 is 23.1 Å². The van der Waals surface area contributed by atoms with Crippen LogP contribution in [-0.4, -0.2) is 32.3 Å². The summed E-state index contributed by atoms with van der Waals surface area (Å²) in [5.41, 5.74) is 5.56. The Labute approximate surface area is 179 Å². The third kappa shape index (κ3) is 5.45. The van der Waals surface area contributed by atoms with Crippen LogP contribution in [-0.2, 0) is 17.9 Å². The first-order valence-corrected chi connectivity index (χ1v) is 10.6. The van der Waals surface area contributed by atoms with Crippen molar-refractivity contribution >= 4 is 39.9 Å². The second-order valence-electron chi connectivity index (χ2n) is 5.91. The Balaban J connectivity index is 1.62. The molecule has 2 amide bonds. The molecule has 3 N–H and O–H groups in total. The van der Waals surface area contributed by atoms with Gasteiger partial charge in [0.05, 0.1) is 11.3 Å². The molecule has 0 bridgehead atoms. The molecule has 0 atom stereocenters. The van der Waals surface area contributed by atoms with E-state index in [9.17, 15) is 14.0 Å². The van der Waals surface area contributed by atoms with Crippen molar-refractivity contribution in [1.82, 2.24) is 14.8 Å². The minimum atomic E-state index is -0.601.